The molecular weight excluding hydrogens is 237 g/mol. The molecule has 5 heteroatoms. The molecule has 2 N–H and O–H groups in total. The third-order valence-corrected chi connectivity index (χ3v) is 4.09. The summed E-state index contributed by atoms with van der Waals surface area (Å²) in [7, 11) is -3.89. The zero-order chi connectivity index (χ0) is 13.3. The lowest BCUT2D eigenvalue weighted by Gasteiger charge is -2.16. The maximum Gasteiger partial charge on any atom is 0.325 e. The van der Waals surface area contributed by atoms with Crippen LogP contribution in [0.15, 0.2) is 0 Å². The molecule has 1 rings (SSSR count). The van der Waals surface area contributed by atoms with Crippen molar-refractivity contribution in [3.05, 3.63) is 0 Å². The van der Waals surface area contributed by atoms with E-state index in [4.69, 9.17) is 15.0 Å². The van der Waals surface area contributed by atoms with Crippen molar-refractivity contribution in [2.75, 3.05) is 6.16 Å². The van der Waals surface area contributed by atoms with E-state index in [1.54, 1.807) is 0 Å². The Bertz CT molecular complexity index is 280. The first-order chi connectivity index (χ1) is 7.94. The third kappa shape index (κ3) is 8.37. The summed E-state index contributed by atoms with van der Waals surface area (Å²) in [4.78, 5) is 17.6. The summed E-state index contributed by atoms with van der Waals surface area (Å²) < 4.78 is 10.7. The van der Waals surface area contributed by atoms with Crippen molar-refractivity contribution >= 4 is 7.60 Å². The van der Waals surface area contributed by atoms with Crippen molar-refractivity contribution in [3.8, 4) is 6.07 Å². The van der Waals surface area contributed by atoms with E-state index < -0.39 is 7.60 Å². The van der Waals surface area contributed by atoms with Crippen LogP contribution in [0, 0.1) is 23.2 Å². The summed E-state index contributed by atoms with van der Waals surface area (Å²) in [6.45, 7) is 4.36. The molecule has 1 fully saturated rings. The molecule has 0 amide bonds. The molecule has 0 bridgehead atoms. The van der Waals surface area contributed by atoms with Crippen LogP contribution < -0.4 is 0 Å². The number of hydrogen-bond acceptors (Lipinski definition) is 2. The van der Waals surface area contributed by atoms with Crippen LogP contribution in [0.25, 0.3) is 0 Å². The first kappa shape index (κ1) is 16.6. The molecule has 1 saturated carbocycles. The molecule has 0 aromatic heterocycles. The van der Waals surface area contributed by atoms with Crippen molar-refractivity contribution in [2.24, 2.45) is 11.8 Å². The molecular formula is C12H24NO3P. The highest BCUT2D eigenvalue weighted by atomic mass is 31.2. The average molecular weight is 261 g/mol. The van der Waals surface area contributed by atoms with Gasteiger partial charge in [-0.05, 0) is 24.7 Å². The second kappa shape index (κ2) is 8.69. The van der Waals surface area contributed by atoms with Gasteiger partial charge in [0.2, 0.25) is 0 Å². The predicted molar refractivity (Wildman–Crippen MR) is 68.6 cm³/mol. The van der Waals surface area contributed by atoms with E-state index in [9.17, 15) is 4.57 Å². The van der Waals surface area contributed by atoms with E-state index in [2.05, 4.69) is 19.9 Å². The Morgan fingerprint density at radius 3 is 2.18 bits per heavy atom. The topological polar surface area (TPSA) is 81.3 Å². The van der Waals surface area contributed by atoms with Gasteiger partial charge >= 0.3 is 7.60 Å². The van der Waals surface area contributed by atoms with Crippen LogP contribution in [-0.2, 0) is 4.57 Å². The van der Waals surface area contributed by atoms with Gasteiger partial charge in [-0.25, -0.2) is 0 Å². The summed E-state index contributed by atoms with van der Waals surface area (Å²) in [5, 5.41) is 8.50. The maximum atomic E-state index is 10.7. The van der Waals surface area contributed by atoms with Gasteiger partial charge in [-0.15, -0.1) is 0 Å². The Kier molecular flexibility index (Phi) is 8.51. The summed E-state index contributed by atoms with van der Waals surface area (Å²) in [6, 6.07) is 2.07. The van der Waals surface area contributed by atoms with Crippen LogP contribution in [0.5, 0.6) is 0 Å². The average Bonchev–Trinajstić information content (AvgIpc) is 2.64. The highest BCUT2D eigenvalue weighted by Crippen LogP contribution is 2.45. The van der Waals surface area contributed by atoms with E-state index in [0.29, 0.717) is 6.42 Å². The fraction of sp³-hybridized carbons (Fsp3) is 0.917. The van der Waals surface area contributed by atoms with Gasteiger partial charge in [0, 0.05) is 6.42 Å². The lowest BCUT2D eigenvalue weighted by molar-refractivity contribution is 0.343. The second-order valence-electron chi connectivity index (χ2n) is 4.66. The number of nitriles is 1. The van der Waals surface area contributed by atoms with Gasteiger partial charge in [0.1, 0.15) is 0 Å². The number of unbranched alkanes of at least 4 members (excludes halogenated alkanes) is 1. The number of rotatable bonds is 4. The first-order valence-corrected chi connectivity index (χ1v) is 8.15. The van der Waals surface area contributed by atoms with E-state index in [1.807, 2.05) is 0 Å². The highest BCUT2D eigenvalue weighted by molar-refractivity contribution is 7.51. The van der Waals surface area contributed by atoms with Gasteiger partial charge in [0.05, 0.1) is 12.2 Å². The Morgan fingerprint density at radius 1 is 1.24 bits per heavy atom. The van der Waals surface area contributed by atoms with E-state index in [-0.39, 0.29) is 18.0 Å². The van der Waals surface area contributed by atoms with E-state index in [0.717, 1.165) is 19.3 Å². The molecule has 0 heterocycles. The zero-order valence-electron chi connectivity index (χ0n) is 10.8. The summed E-state index contributed by atoms with van der Waals surface area (Å²) >= 11 is 0. The molecule has 0 aromatic carbocycles. The smallest absolute Gasteiger partial charge is 0.324 e. The van der Waals surface area contributed by atoms with Crippen LogP contribution in [0.2, 0.25) is 0 Å². The highest BCUT2D eigenvalue weighted by Gasteiger charge is 2.32. The molecule has 0 aromatic rings. The lowest BCUT2D eigenvalue weighted by atomic mass is 9.95. The van der Waals surface area contributed by atoms with Crippen LogP contribution in [0.4, 0.5) is 0 Å². The Hall–Kier alpha value is -0.360. The fourth-order valence-corrected chi connectivity index (χ4v) is 3.14. The van der Waals surface area contributed by atoms with Crippen LogP contribution >= 0.6 is 7.60 Å². The van der Waals surface area contributed by atoms with E-state index in [1.165, 1.54) is 12.8 Å². The van der Waals surface area contributed by atoms with Gasteiger partial charge < -0.3 is 9.79 Å². The van der Waals surface area contributed by atoms with Gasteiger partial charge in [0.25, 0.3) is 0 Å². The molecule has 0 radical (unpaired) electrons. The SMILES string of the molecule is CCCC.N#CCC1CCCC1CP(=O)(O)O. The zero-order valence-corrected chi connectivity index (χ0v) is 11.7. The molecule has 0 saturated heterocycles. The largest absolute Gasteiger partial charge is 0.325 e. The Labute approximate surface area is 104 Å². The van der Waals surface area contributed by atoms with Crippen LogP contribution in [-0.4, -0.2) is 15.9 Å². The molecule has 0 spiro atoms. The Morgan fingerprint density at radius 2 is 1.76 bits per heavy atom. The van der Waals surface area contributed by atoms with Crippen LogP contribution in [0.3, 0.4) is 0 Å². The van der Waals surface area contributed by atoms with Gasteiger partial charge in [-0.2, -0.15) is 5.26 Å². The van der Waals surface area contributed by atoms with Crippen molar-refractivity contribution in [2.45, 2.75) is 52.4 Å². The standard InChI is InChI=1S/C8H14NO3P.C4H10/c9-5-4-7-2-1-3-8(7)6-13(10,11)12;1-3-4-2/h7-8H,1-4,6H2,(H2,10,11,12);3-4H2,1-2H3. The summed E-state index contributed by atoms with van der Waals surface area (Å²) in [5.41, 5.74) is 0. The number of hydrogen-bond donors (Lipinski definition) is 2. The molecule has 1 aliphatic carbocycles. The quantitative estimate of drug-likeness (QED) is 0.761. The molecule has 4 nitrogen and oxygen atoms in total. The minimum atomic E-state index is -3.89. The third-order valence-electron chi connectivity index (χ3n) is 3.14. The second-order valence-corrected chi connectivity index (χ2v) is 6.36. The predicted octanol–water partition coefficient (Wildman–Crippen LogP) is 3.30. The molecule has 17 heavy (non-hydrogen) atoms. The lowest BCUT2D eigenvalue weighted by Crippen LogP contribution is -2.12. The van der Waals surface area contributed by atoms with Crippen molar-refractivity contribution in [1.82, 2.24) is 0 Å². The Balaban J connectivity index is 0.000000557. The minimum Gasteiger partial charge on any atom is -0.324 e. The molecule has 1 aliphatic rings. The first-order valence-electron chi connectivity index (χ1n) is 6.36. The summed E-state index contributed by atoms with van der Waals surface area (Å²) in [6.07, 6.45) is 5.83. The van der Waals surface area contributed by atoms with Crippen LogP contribution in [0.1, 0.15) is 52.4 Å². The van der Waals surface area contributed by atoms with Gasteiger partial charge in [-0.3, -0.25) is 4.57 Å². The molecule has 0 aliphatic heterocycles. The normalized spacial score (nSPS) is 23.7. The fourth-order valence-electron chi connectivity index (χ4n) is 2.05. The van der Waals surface area contributed by atoms with Crippen molar-refractivity contribution < 1.29 is 14.4 Å². The minimum absolute atomic E-state index is 0.0423. The number of nitrogens with zero attached hydrogens (tertiary/aromatic N) is 1. The molecule has 100 valence electrons. The van der Waals surface area contributed by atoms with Crippen molar-refractivity contribution in [1.29, 1.82) is 5.26 Å². The molecule has 2 unspecified atom stereocenters. The van der Waals surface area contributed by atoms with Gasteiger partial charge in [-0.1, -0.05) is 33.1 Å². The van der Waals surface area contributed by atoms with Gasteiger partial charge in [0.15, 0.2) is 0 Å². The monoisotopic (exact) mass is 261 g/mol. The van der Waals surface area contributed by atoms with E-state index >= 15 is 0 Å². The molecule has 2 atom stereocenters. The van der Waals surface area contributed by atoms with Crippen molar-refractivity contribution in [3.63, 3.8) is 0 Å². The maximum absolute atomic E-state index is 10.7. The summed E-state index contributed by atoms with van der Waals surface area (Å²) in [5.74, 6) is 0.262.